The minimum absolute atomic E-state index is 0.665. The second-order valence-electron chi connectivity index (χ2n) is 3.20. The molecule has 3 rings (SSSR count). The molecule has 0 atom stereocenters. The fourth-order valence-corrected chi connectivity index (χ4v) is 1.67. The Morgan fingerprint density at radius 2 is 2.07 bits per heavy atom. The molecule has 0 aliphatic rings. The molecule has 0 spiro atoms. The van der Waals surface area contributed by atoms with Crippen LogP contribution in [0.3, 0.4) is 0 Å². The van der Waals surface area contributed by atoms with Gasteiger partial charge in [-0.25, -0.2) is 0 Å². The summed E-state index contributed by atoms with van der Waals surface area (Å²) < 4.78 is 5.60. The van der Waals surface area contributed by atoms with Gasteiger partial charge in [0.15, 0.2) is 11.2 Å². The highest BCUT2D eigenvalue weighted by Gasteiger charge is 2.07. The molecule has 3 aromatic rings. The normalized spacial score (nSPS) is 11.1. The summed E-state index contributed by atoms with van der Waals surface area (Å²) >= 11 is 0. The zero-order valence-corrected chi connectivity index (χ0v) is 7.40. The number of hydrogen-bond acceptors (Lipinski definition) is 3. The van der Waals surface area contributed by atoms with Crippen LogP contribution in [0.15, 0.2) is 41.1 Å². The van der Waals surface area contributed by atoms with Gasteiger partial charge < -0.3 is 10.2 Å². The van der Waals surface area contributed by atoms with E-state index in [9.17, 15) is 0 Å². The van der Waals surface area contributed by atoms with Crippen molar-refractivity contribution < 1.29 is 4.42 Å². The second kappa shape index (κ2) is 2.48. The summed E-state index contributed by atoms with van der Waals surface area (Å²) in [5, 5.41) is 2.10. The lowest BCUT2D eigenvalue weighted by Crippen LogP contribution is -1.82. The number of nitrogens with two attached hydrogens (primary N) is 1. The van der Waals surface area contributed by atoms with Gasteiger partial charge in [-0.3, -0.25) is 4.98 Å². The standard InChI is InChI=1S/C11H8N2O/c12-9-3-1-2-8-7-4-5-13-6-10(7)14-11(8)9/h1-6H,12H2. The first kappa shape index (κ1) is 7.38. The largest absolute Gasteiger partial charge is 0.452 e. The minimum atomic E-state index is 0.665. The number of fused-ring (bicyclic) bond motifs is 3. The Morgan fingerprint density at radius 3 is 3.00 bits per heavy atom. The van der Waals surface area contributed by atoms with Gasteiger partial charge >= 0.3 is 0 Å². The molecule has 0 fully saturated rings. The van der Waals surface area contributed by atoms with Crippen molar-refractivity contribution in [3.8, 4) is 0 Å². The number of nitrogen functional groups attached to an aromatic ring is 1. The van der Waals surface area contributed by atoms with Gasteiger partial charge in [0, 0.05) is 17.0 Å². The molecule has 68 valence electrons. The molecule has 2 aromatic heterocycles. The summed E-state index contributed by atoms with van der Waals surface area (Å²) in [6.07, 6.45) is 3.45. The van der Waals surface area contributed by atoms with Crippen molar-refractivity contribution in [3.63, 3.8) is 0 Å². The van der Waals surface area contributed by atoms with Crippen LogP contribution in [0.25, 0.3) is 21.9 Å². The summed E-state index contributed by atoms with van der Waals surface area (Å²) in [6, 6.07) is 7.68. The number of furan rings is 1. The average molecular weight is 184 g/mol. The van der Waals surface area contributed by atoms with E-state index in [4.69, 9.17) is 10.2 Å². The first-order chi connectivity index (χ1) is 6.86. The Bertz CT molecular complexity index is 613. The number of pyridine rings is 1. The van der Waals surface area contributed by atoms with E-state index in [1.807, 2.05) is 24.3 Å². The Kier molecular flexibility index (Phi) is 1.31. The monoisotopic (exact) mass is 184 g/mol. The number of nitrogens with zero attached hydrogens (tertiary/aromatic N) is 1. The van der Waals surface area contributed by atoms with Crippen LogP contribution >= 0.6 is 0 Å². The van der Waals surface area contributed by atoms with Gasteiger partial charge in [-0.1, -0.05) is 12.1 Å². The average Bonchev–Trinajstić information content (AvgIpc) is 2.59. The number of rotatable bonds is 0. The summed E-state index contributed by atoms with van der Waals surface area (Å²) in [4.78, 5) is 4.00. The maximum absolute atomic E-state index is 5.81. The quantitative estimate of drug-likeness (QED) is 0.546. The van der Waals surface area contributed by atoms with Gasteiger partial charge in [0.05, 0.1) is 11.9 Å². The Hall–Kier alpha value is -2.03. The summed E-state index contributed by atoms with van der Waals surface area (Å²) in [6.45, 7) is 0. The highest BCUT2D eigenvalue weighted by atomic mass is 16.3. The van der Waals surface area contributed by atoms with Crippen LogP contribution in [0.1, 0.15) is 0 Å². The molecule has 0 bridgehead atoms. The molecule has 2 N–H and O–H groups in total. The van der Waals surface area contributed by atoms with E-state index in [-0.39, 0.29) is 0 Å². The van der Waals surface area contributed by atoms with Gasteiger partial charge in [0.2, 0.25) is 0 Å². The Labute approximate surface area is 80.1 Å². The van der Waals surface area contributed by atoms with Crippen molar-refractivity contribution in [1.29, 1.82) is 0 Å². The molecule has 2 heterocycles. The van der Waals surface area contributed by atoms with Gasteiger partial charge in [0.25, 0.3) is 0 Å². The number of aromatic nitrogens is 1. The zero-order chi connectivity index (χ0) is 9.54. The van der Waals surface area contributed by atoms with Crippen molar-refractivity contribution in [2.24, 2.45) is 0 Å². The van der Waals surface area contributed by atoms with Crippen LogP contribution in [0, 0.1) is 0 Å². The number of hydrogen-bond donors (Lipinski definition) is 1. The zero-order valence-electron chi connectivity index (χ0n) is 7.40. The Morgan fingerprint density at radius 1 is 1.14 bits per heavy atom. The number of benzene rings is 1. The van der Waals surface area contributed by atoms with Gasteiger partial charge in [-0.15, -0.1) is 0 Å². The molecule has 1 aromatic carbocycles. The molecular formula is C11H8N2O. The summed E-state index contributed by atoms with van der Waals surface area (Å²) in [5.41, 5.74) is 8.00. The molecule has 3 heteroatoms. The van der Waals surface area contributed by atoms with Gasteiger partial charge in [-0.05, 0) is 12.1 Å². The summed E-state index contributed by atoms with van der Waals surface area (Å²) in [7, 11) is 0. The van der Waals surface area contributed by atoms with E-state index in [0.717, 1.165) is 21.9 Å². The maximum atomic E-state index is 5.81. The van der Waals surface area contributed by atoms with Crippen molar-refractivity contribution in [2.45, 2.75) is 0 Å². The smallest absolute Gasteiger partial charge is 0.158 e. The minimum Gasteiger partial charge on any atom is -0.452 e. The van der Waals surface area contributed by atoms with Crippen molar-refractivity contribution >= 4 is 27.6 Å². The van der Waals surface area contributed by atoms with Gasteiger partial charge in [0.1, 0.15) is 0 Å². The van der Waals surface area contributed by atoms with Crippen molar-refractivity contribution in [2.75, 3.05) is 5.73 Å². The lowest BCUT2D eigenvalue weighted by Gasteiger charge is -1.91. The van der Waals surface area contributed by atoms with Crippen LogP contribution in [0.2, 0.25) is 0 Å². The third-order valence-corrected chi connectivity index (χ3v) is 2.33. The van der Waals surface area contributed by atoms with E-state index in [2.05, 4.69) is 4.98 Å². The van der Waals surface area contributed by atoms with Crippen LogP contribution in [0.5, 0.6) is 0 Å². The highest BCUT2D eigenvalue weighted by Crippen LogP contribution is 2.30. The van der Waals surface area contributed by atoms with Crippen molar-refractivity contribution in [3.05, 3.63) is 36.7 Å². The van der Waals surface area contributed by atoms with E-state index in [1.165, 1.54) is 0 Å². The van der Waals surface area contributed by atoms with E-state index >= 15 is 0 Å². The fraction of sp³-hybridized carbons (Fsp3) is 0. The fourth-order valence-electron chi connectivity index (χ4n) is 1.67. The summed E-state index contributed by atoms with van der Waals surface area (Å²) in [5.74, 6) is 0. The number of para-hydroxylation sites is 1. The first-order valence-corrected chi connectivity index (χ1v) is 4.37. The highest BCUT2D eigenvalue weighted by molar-refractivity contribution is 6.07. The molecule has 3 nitrogen and oxygen atoms in total. The van der Waals surface area contributed by atoms with E-state index < -0.39 is 0 Å². The van der Waals surface area contributed by atoms with Crippen LogP contribution in [-0.2, 0) is 0 Å². The third kappa shape index (κ3) is 0.836. The number of anilines is 1. The molecule has 0 unspecified atom stereocenters. The molecule has 0 aliphatic heterocycles. The topological polar surface area (TPSA) is 52.0 Å². The molecular weight excluding hydrogens is 176 g/mol. The predicted octanol–water partition coefficient (Wildman–Crippen LogP) is 2.56. The molecule has 0 saturated heterocycles. The lowest BCUT2D eigenvalue weighted by atomic mass is 10.2. The molecule has 0 amide bonds. The van der Waals surface area contributed by atoms with Crippen LogP contribution in [0.4, 0.5) is 5.69 Å². The van der Waals surface area contributed by atoms with Gasteiger partial charge in [-0.2, -0.15) is 0 Å². The molecule has 0 radical (unpaired) electrons. The first-order valence-electron chi connectivity index (χ1n) is 4.37. The maximum Gasteiger partial charge on any atom is 0.158 e. The molecule has 0 saturated carbocycles. The molecule has 0 aliphatic carbocycles. The SMILES string of the molecule is Nc1cccc2c1oc1cnccc12. The molecule has 14 heavy (non-hydrogen) atoms. The second-order valence-corrected chi connectivity index (χ2v) is 3.20. The van der Waals surface area contributed by atoms with Crippen LogP contribution in [-0.4, -0.2) is 4.98 Å². The third-order valence-electron chi connectivity index (χ3n) is 2.33. The van der Waals surface area contributed by atoms with E-state index in [1.54, 1.807) is 12.4 Å². The van der Waals surface area contributed by atoms with E-state index in [0.29, 0.717) is 5.69 Å². The van der Waals surface area contributed by atoms with Crippen molar-refractivity contribution in [1.82, 2.24) is 4.98 Å². The lowest BCUT2D eigenvalue weighted by molar-refractivity contribution is 0.668. The Balaban J connectivity index is 2.63. The van der Waals surface area contributed by atoms with Crippen LogP contribution < -0.4 is 5.73 Å². The predicted molar refractivity (Wildman–Crippen MR) is 55.9 cm³/mol.